The van der Waals surface area contributed by atoms with Gasteiger partial charge in [0.2, 0.25) is 5.91 Å². The van der Waals surface area contributed by atoms with Crippen LogP contribution in [-0.4, -0.2) is 28.7 Å². The summed E-state index contributed by atoms with van der Waals surface area (Å²) in [6.07, 6.45) is 2.07. The number of aromatic amines is 1. The van der Waals surface area contributed by atoms with Crippen LogP contribution in [-0.2, 0) is 16.0 Å². The van der Waals surface area contributed by atoms with Crippen LogP contribution in [0, 0.1) is 0 Å². The Kier molecular flexibility index (Phi) is 5.96. The smallest absolute Gasteiger partial charge is 0.269 e. The van der Waals surface area contributed by atoms with Gasteiger partial charge in [-0.15, -0.1) is 0 Å². The molecule has 1 unspecified atom stereocenters. The van der Waals surface area contributed by atoms with E-state index in [0.717, 1.165) is 16.5 Å². The van der Waals surface area contributed by atoms with Crippen LogP contribution in [0.5, 0.6) is 0 Å². The second kappa shape index (κ2) is 8.58. The molecule has 28 heavy (non-hydrogen) atoms. The monoisotopic (exact) mass is 398 g/mol. The van der Waals surface area contributed by atoms with Crippen LogP contribution in [0.2, 0.25) is 5.02 Å². The molecule has 7 nitrogen and oxygen atoms in total. The lowest BCUT2D eigenvalue weighted by molar-refractivity contribution is -0.128. The molecule has 1 heterocycles. The van der Waals surface area contributed by atoms with E-state index in [9.17, 15) is 14.4 Å². The molecule has 0 saturated carbocycles. The molecule has 0 saturated heterocycles. The number of carbonyl (C=O) groups is 3. The Bertz CT molecular complexity index is 1010. The summed E-state index contributed by atoms with van der Waals surface area (Å²) in [6.45, 7) is 1.34. The zero-order valence-electron chi connectivity index (χ0n) is 15.1. The standard InChI is InChI=1S/C20H19ClN4O3/c1-12(26)23-18(10-14-11-22-17-5-3-2-4-16(14)17)20(28)25-24-19(27)13-6-8-15(21)9-7-13/h2-9,11,18,22H,10H2,1H3,(H,23,26)(H,24,27)(H,25,28). The van der Waals surface area contributed by atoms with E-state index in [1.165, 1.54) is 6.92 Å². The van der Waals surface area contributed by atoms with Crippen LogP contribution < -0.4 is 16.2 Å². The molecule has 0 fully saturated rings. The van der Waals surface area contributed by atoms with E-state index < -0.39 is 17.9 Å². The molecule has 4 N–H and O–H groups in total. The van der Waals surface area contributed by atoms with E-state index >= 15 is 0 Å². The number of nitrogens with one attached hydrogen (secondary N) is 4. The first-order valence-electron chi connectivity index (χ1n) is 8.62. The van der Waals surface area contributed by atoms with E-state index in [0.29, 0.717) is 10.6 Å². The van der Waals surface area contributed by atoms with E-state index in [1.54, 1.807) is 30.5 Å². The number of benzene rings is 2. The van der Waals surface area contributed by atoms with E-state index in [4.69, 9.17) is 11.6 Å². The maximum Gasteiger partial charge on any atom is 0.269 e. The van der Waals surface area contributed by atoms with E-state index in [-0.39, 0.29) is 12.3 Å². The first-order valence-corrected chi connectivity index (χ1v) is 8.99. The maximum absolute atomic E-state index is 12.6. The molecule has 3 amide bonds. The Morgan fingerprint density at radius 3 is 2.46 bits per heavy atom. The van der Waals surface area contributed by atoms with Crippen molar-refractivity contribution in [3.8, 4) is 0 Å². The molecule has 0 aliphatic carbocycles. The quantitative estimate of drug-likeness (QED) is 0.496. The highest BCUT2D eigenvalue weighted by molar-refractivity contribution is 6.30. The summed E-state index contributed by atoms with van der Waals surface area (Å²) in [5.74, 6) is -1.36. The van der Waals surface area contributed by atoms with E-state index in [2.05, 4.69) is 21.2 Å². The van der Waals surface area contributed by atoms with Gasteiger partial charge < -0.3 is 10.3 Å². The molecule has 0 radical (unpaired) electrons. The molecule has 8 heteroatoms. The normalized spacial score (nSPS) is 11.6. The molecule has 0 bridgehead atoms. The number of hydrogen-bond acceptors (Lipinski definition) is 3. The van der Waals surface area contributed by atoms with Gasteiger partial charge in [0, 0.05) is 41.0 Å². The molecular weight excluding hydrogens is 380 g/mol. The van der Waals surface area contributed by atoms with Gasteiger partial charge in [0.1, 0.15) is 6.04 Å². The molecule has 2 aromatic carbocycles. The Balaban J connectivity index is 1.68. The molecule has 144 valence electrons. The summed E-state index contributed by atoms with van der Waals surface area (Å²) in [6, 6.07) is 13.1. The number of fused-ring (bicyclic) bond motifs is 1. The van der Waals surface area contributed by atoms with Crippen molar-refractivity contribution in [1.82, 2.24) is 21.2 Å². The maximum atomic E-state index is 12.6. The summed E-state index contributed by atoms with van der Waals surface area (Å²) in [4.78, 5) is 39.4. The summed E-state index contributed by atoms with van der Waals surface area (Å²) < 4.78 is 0. The van der Waals surface area contributed by atoms with Gasteiger partial charge in [0.25, 0.3) is 11.8 Å². The number of H-pyrrole nitrogens is 1. The summed E-state index contributed by atoms with van der Waals surface area (Å²) in [5.41, 5.74) is 6.88. The average Bonchev–Trinajstić information content (AvgIpc) is 3.08. The predicted octanol–water partition coefficient (Wildman–Crippen LogP) is 2.33. The lowest BCUT2D eigenvalue weighted by atomic mass is 10.0. The van der Waals surface area contributed by atoms with Crippen molar-refractivity contribution in [3.05, 3.63) is 70.9 Å². The fraction of sp³-hybridized carbons (Fsp3) is 0.150. The molecule has 0 spiro atoms. The first-order chi connectivity index (χ1) is 13.4. The molecule has 1 aromatic heterocycles. The minimum Gasteiger partial charge on any atom is -0.361 e. The van der Waals surface area contributed by atoms with Crippen LogP contribution in [0.1, 0.15) is 22.8 Å². The lowest BCUT2D eigenvalue weighted by Crippen LogP contribution is -2.52. The number of aromatic nitrogens is 1. The highest BCUT2D eigenvalue weighted by Crippen LogP contribution is 2.19. The highest BCUT2D eigenvalue weighted by Gasteiger charge is 2.22. The number of amides is 3. The average molecular weight is 399 g/mol. The van der Waals surface area contributed by atoms with Crippen LogP contribution >= 0.6 is 11.6 Å². The third-order valence-electron chi connectivity index (χ3n) is 4.20. The summed E-state index contributed by atoms with van der Waals surface area (Å²) in [5, 5.41) is 4.09. The van der Waals surface area contributed by atoms with Gasteiger partial charge >= 0.3 is 0 Å². The zero-order chi connectivity index (χ0) is 20.1. The Morgan fingerprint density at radius 1 is 1.04 bits per heavy atom. The third-order valence-corrected chi connectivity index (χ3v) is 4.45. The minimum atomic E-state index is -0.845. The van der Waals surface area contributed by atoms with Crippen LogP contribution in [0.3, 0.4) is 0 Å². The fourth-order valence-electron chi connectivity index (χ4n) is 2.85. The summed E-state index contributed by atoms with van der Waals surface area (Å²) in [7, 11) is 0. The van der Waals surface area contributed by atoms with Gasteiger partial charge in [-0.3, -0.25) is 25.2 Å². The molecular formula is C20H19ClN4O3. The van der Waals surface area contributed by atoms with Crippen molar-refractivity contribution >= 4 is 40.2 Å². The Labute approximate surface area is 166 Å². The van der Waals surface area contributed by atoms with Crippen LogP contribution in [0.15, 0.2) is 54.7 Å². The molecule has 1 atom stereocenters. The number of hydrazine groups is 1. The van der Waals surface area contributed by atoms with Gasteiger partial charge in [0.05, 0.1) is 0 Å². The van der Waals surface area contributed by atoms with Crippen molar-refractivity contribution in [2.24, 2.45) is 0 Å². The lowest BCUT2D eigenvalue weighted by Gasteiger charge is -2.18. The SMILES string of the molecule is CC(=O)NC(Cc1c[nH]c2ccccc12)C(=O)NNC(=O)c1ccc(Cl)cc1. The fourth-order valence-corrected chi connectivity index (χ4v) is 2.98. The number of hydrogen-bond donors (Lipinski definition) is 4. The van der Waals surface area contributed by atoms with Crippen LogP contribution in [0.4, 0.5) is 0 Å². The van der Waals surface area contributed by atoms with Crippen molar-refractivity contribution in [2.75, 3.05) is 0 Å². The Hall–Kier alpha value is -3.32. The van der Waals surface area contributed by atoms with Gasteiger partial charge in [0.15, 0.2) is 0 Å². The first kappa shape index (κ1) is 19.4. The number of carbonyl (C=O) groups excluding carboxylic acids is 3. The van der Waals surface area contributed by atoms with Crippen molar-refractivity contribution in [1.29, 1.82) is 0 Å². The third kappa shape index (κ3) is 4.69. The molecule has 3 aromatic rings. The van der Waals surface area contributed by atoms with Crippen molar-refractivity contribution < 1.29 is 14.4 Å². The highest BCUT2D eigenvalue weighted by atomic mass is 35.5. The van der Waals surface area contributed by atoms with Crippen molar-refractivity contribution in [3.63, 3.8) is 0 Å². The molecule has 0 aliphatic rings. The van der Waals surface area contributed by atoms with Crippen molar-refractivity contribution in [2.45, 2.75) is 19.4 Å². The molecule has 0 aliphatic heterocycles. The van der Waals surface area contributed by atoms with E-state index in [1.807, 2.05) is 24.3 Å². The predicted molar refractivity (Wildman–Crippen MR) is 107 cm³/mol. The number of rotatable bonds is 5. The molecule has 3 rings (SSSR count). The van der Waals surface area contributed by atoms with Gasteiger partial charge in [-0.25, -0.2) is 0 Å². The number of halogens is 1. The largest absolute Gasteiger partial charge is 0.361 e. The second-order valence-corrected chi connectivity index (χ2v) is 6.70. The van der Waals surface area contributed by atoms with Gasteiger partial charge in [-0.05, 0) is 35.9 Å². The van der Waals surface area contributed by atoms with Gasteiger partial charge in [-0.1, -0.05) is 29.8 Å². The van der Waals surface area contributed by atoms with Crippen LogP contribution in [0.25, 0.3) is 10.9 Å². The number of para-hydroxylation sites is 1. The Morgan fingerprint density at radius 2 is 1.75 bits per heavy atom. The second-order valence-electron chi connectivity index (χ2n) is 6.27. The van der Waals surface area contributed by atoms with Gasteiger partial charge in [-0.2, -0.15) is 0 Å². The summed E-state index contributed by atoms with van der Waals surface area (Å²) >= 11 is 5.80. The minimum absolute atomic E-state index is 0.270. The topological polar surface area (TPSA) is 103 Å². The zero-order valence-corrected chi connectivity index (χ0v) is 15.8.